The summed E-state index contributed by atoms with van der Waals surface area (Å²) in [6.07, 6.45) is 3.22. The van der Waals surface area contributed by atoms with E-state index in [4.69, 9.17) is 18.9 Å². The minimum atomic E-state index is -0.317. The fourth-order valence-corrected chi connectivity index (χ4v) is 4.84. The van der Waals surface area contributed by atoms with Crippen LogP contribution in [0.15, 0.2) is 49.6 Å². The second-order valence-corrected chi connectivity index (χ2v) is 8.99. The van der Waals surface area contributed by atoms with Gasteiger partial charge in [-0.3, -0.25) is 4.79 Å². The maximum atomic E-state index is 13.1. The molecule has 1 fully saturated rings. The van der Waals surface area contributed by atoms with Crippen LogP contribution in [-0.4, -0.2) is 71.4 Å². The zero-order valence-corrected chi connectivity index (χ0v) is 20.5. The summed E-state index contributed by atoms with van der Waals surface area (Å²) >= 11 is 1.68. The second-order valence-electron chi connectivity index (χ2n) is 7.85. The van der Waals surface area contributed by atoms with Crippen molar-refractivity contribution in [1.82, 2.24) is 19.9 Å². The third kappa shape index (κ3) is 6.34. The molecule has 184 valence electrons. The summed E-state index contributed by atoms with van der Waals surface area (Å²) in [6, 6.07) is 8.41. The number of carbonyl (C=O) groups excluding carboxylic acids is 1. The molecule has 0 spiro atoms. The lowest BCUT2D eigenvalue weighted by atomic mass is 10.1. The summed E-state index contributed by atoms with van der Waals surface area (Å²) in [7, 11) is 0. The van der Waals surface area contributed by atoms with Crippen molar-refractivity contribution in [3.8, 4) is 18.0 Å². The molecule has 1 aliphatic rings. The number of morpholine rings is 1. The maximum absolute atomic E-state index is 13.1. The molecule has 1 aliphatic heterocycles. The maximum Gasteiger partial charge on any atom is 0.326 e. The number of benzene rings is 1. The molecule has 2 aromatic heterocycles. The van der Waals surface area contributed by atoms with Gasteiger partial charge in [-0.05, 0) is 23.9 Å². The van der Waals surface area contributed by atoms with E-state index in [1.807, 2.05) is 17.0 Å². The Balaban J connectivity index is 1.36. The molecule has 10 heteroatoms. The number of fused-ring (bicyclic) bond motifs is 1. The molecule has 0 aliphatic carbocycles. The lowest BCUT2D eigenvalue weighted by Gasteiger charge is -2.32. The Bertz CT molecular complexity index is 1170. The topological polar surface area (TPSA) is 95.9 Å². The van der Waals surface area contributed by atoms with Crippen LogP contribution >= 0.6 is 11.3 Å². The average Bonchev–Trinajstić information content (AvgIpc) is 3.20. The highest BCUT2D eigenvalue weighted by Gasteiger charge is 2.26. The van der Waals surface area contributed by atoms with Crippen molar-refractivity contribution in [2.24, 2.45) is 0 Å². The molecule has 0 radical (unpaired) electrons. The van der Waals surface area contributed by atoms with Gasteiger partial charge in [-0.25, -0.2) is 0 Å². The number of thiophene rings is 1. The fourth-order valence-electron chi connectivity index (χ4n) is 3.64. The Kier molecular flexibility index (Phi) is 8.27. The molecule has 4 rings (SSSR count). The Labute approximate surface area is 208 Å². The summed E-state index contributed by atoms with van der Waals surface area (Å²) in [5, 5.41) is 1.21. The Morgan fingerprint density at radius 2 is 1.77 bits per heavy atom. The summed E-state index contributed by atoms with van der Waals surface area (Å²) < 4.78 is 23.6. The van der Waals surface area contributed by atoms with Crippen molar-refractivity contribution in [2.45, 2.75) is 19.4 Å². The number of hydrogen-bond donors (Lipinski definition) is 0. The number of aromatic nitrogens is 3. The van der Waals surface area contributed by atoms with Crippen molar-refractivity contribution >= 4 is 27.3 Å². The zero-order chi connectivity index (χ0) is 24.6. The SMILES string of the molecule is C=CCOc1nc(OCC=C)nc(OCC2CN(C(=O)Cc3sc4ccccc4c3C)CCO2)n1. The highest BCUT2D eigenvalue weighted by molar-refractivity contribution is 7.19. The van der Waals surface area contributed by atoms with E-state index < -0.39 is 0 Å². The van der Waals surface area contributed by atoms with Gasteiger partial charge >= 0.3 is 18.0 Å². The van der Waals surface area contributed by atoms with Crippen LogP contribution in [0.4, 0.5) is 0 Å². The highest BCUT2D eigenvalue weighted by atomic mass is 32.1. The van der Waals surface area contributed by atoms with Crippen LogP contribution in [0, 0.1) is 6.92 Å². The summed E-state index contributed by atoms with van der Waals surface area (Å²) in [4.78, 5) is 28.4. The minimum absolute atomic E-state index is 0.0473. The molecular weight excluding hydrogens is 468 g/mol. The molecule has 0 N–H and O–H groups in total. The summed E-state index contributed by atoms with van der Waals surface area (Å²) in [5.74, 6) is 0.0772. The van der Waals surface area contributed by atoms with Gasteiger partial charge in [0.25, 0.3) is 0 Å². The lowest BCUT2D eigenvalue weighted by Crippen LogP contribution is -2.48. The van der Waals surface area contributed by atoms with E-state index in [0.717, 1.165) is 4.88 Å². The van der Waals surface area contributed by atoms with E-state index in [9.17, 15) is 4.79 Å². The van der Waals surface area contributed by atoms with E-state index in [-0.39, 0.29) is 49.9 Å². The average molecular weight is 497 g/mol. The molecule has 1 atom stereocenters. The molecule has 9 nitrogen and oxygen atoms in total. The molecule has 3 heterocycles. The molecule has 1 saturated heterocycles. The first-order valence-electron chi connectivity index (χ1n) is 11.3. The van der Waals surface area contributed by atoms with E-state index in [1.165, 1.54) is 15.6 Å². The first-order valence-corrected chi connectivity index (χ1v) is 12.1. The van der Waals surface area contributed by atoms with Crippen molar-refractivity contribution in [2.75, 3.05) is 39.5 Å². The van der Waals surface area contributed by atoms with Gasteiger partial charge in [0.2, 0.25) is 5.91 Å². The zero-order valence-electron chi connectivity index (χ0n) is 19.6. The number of amides is 1. The predicted octanol–water partition coefficient (Wildman–Crippen LogP) is 3.37. The van der Waals surface area contributed by atoms with Crippen LogP contribution < -0.4 is 14.2 Å². The number of hydrogen-bond acceptors (Lipinski definition) is 9. The van der Waals surface area contributed by atoms with Gasteiger partial charge in [0, 0.05) is 16.1 Å². The van der Waals surface area contributed by atoms with E-state index in [0.29, 0.717) is 26.1 Å². The van der Waals surface area contributed by atoms with Crippen LogP contribution in [0.25, 0.3) is 10.1 Å². The van der Waals surface area contributed by atoms with Gasteiger partial charge in [0.05, 0.1) is 19.6 Å². The predicted molar refractivity (Wildman–Crippen MR) is 133 cm³/mol. The number of ether oxygens (including phenoxy) is 4. The van der Waals surface area contributed by atoms with Gasteiger partial charge in [-0.15, -0.1) is 26.3 Å². The standard InChI is InChI=1S/C25H28N4O5S/c1-4-11-32-23-26-24(33-12-5-2)28-25(27-23)34-16-18-15-29(10-13-31-18)22(30)14-21-17(3)19-8-6-7-9-20(19)35-21/h4-9,18H,1-2,10-16H2,3H3. The number of aryl methyl sites for hydroxylation is 1. The number of nitrogens with zero attached hydrogens (tertiary/aromatic N) is 4. The highest BCUT2D eigenvalue weighted by Crippen LogP contribution is 2.31. The summed E-state index contributed by atoms with van der Waals surface area (Å²) in [5.41, 5.74) is 1.17. The molecule has 1 amide bonds. The van der Waals surface area contributed by atoms with E-state index in [1.54, 1.807) is 23.5 Å². The second kappa shape index (κ2) is 11.8. The van der Waals surface area contributed by atoms with Crippen LogP contribution in [0.2, 0.25) is 0 Å². The Morgan fingerprint density at radius 1 is 1.11 bits per heavy atom. The Morgan fingerprint density at radius 3 is 2.43 bits per heavy atom. The van der Waals surface area contributed by atoms with E-state index in [2.05, 4.69) is 47.2 Å². The normalized spacial score (nSPS) is 15.6. The van der Waals surface area contributed by atoms with Crippen molar-refractivity contribution < 1.29 is 23.7 Å². The van der Waals surface area contributed by atoms with Gasteiger partial charge < -0.3 is 23.8 Å². The smallest absolute Gasteiger partial charge is 0.326 e. The Hall–Kier alpha value is -3.50. The van der Waals surface area contributed by atoms with Gasteiger partial charge in [0.1, 0.15) is 25.9 Å². The molecule has 1 aromatic carbocycles. The molecule has 0 bridgehead atoms. The monoisotopic (exact) mass is 496 g/mol. The molecule has 1 unspecified atom stereocenters. The van der Waals surface area contributed by atoms with Crippen LogP contribution in [-0.2, 0) is 16.0 Å². The van der Waals surface area contributed by atoms with Crippen LogP contribution in [0.3, 0.4) is 0 Å². The molecule has 0 saturated carbocycles. The lowest BCUT2D eigenvalue weighted by molar-refractivity contribution is -0.139. The molecule has 3 aromatic rings. The molecule has 35 heavy (non-hydrogen) atoms. The minimum Gasteiger partial charge on any atom is -0.460 e. The summed E-state index contributed by atoms with van der Waals surface area (Å²) in [6.45, 7) is 11.3. The third-order valence-electron chi connectivity index (χ3n) is 5.38. The number of carbonyl (C=O) groups is 1. The van der Waals surface area contributed by atoms with Crippen LogP contribution in [0.5, 0.6) is 18.0 Å². The molecular formula is C25H28N4O5S. The van der Waals surface area contributed by atoms with Gasteiger partial charge in [-0.1, -0.05) is 43.5 Å². The largest absolute Gasteiger partial charge is 0.460 e. The fraction of sp³-hybridized carbons (Fsp3) is 0.360. The first-order chi connectivity index (χ1) is 17.1. The van der Waals surface area contributed by atoms with Crippen LogP contribution in [0.1, 0.15) is 10.4 Å². The van der Waals surface area contributed by atoms with Gasteiger partial charge in [-0.2, -0.15) is 0 Å². The van der Waals surface area contributed by atoms with E-state index >= 15 is 0 Å². The first kappa shape index (κ1) is 24.6. The van der Waals surface area contributed by atoms with Crippen molar-refractivity contribution in [3.63, 3.8) is 0 Å². The quantitative estimate of drug-likeness (QED) is 0.373. The van der Waals surface area contributed by atoms with Gasteiger partial charge in [0.15, 0.2) is 0 Å². The van der Waals surface area contributed by atoms with Crippen molar-refractivity contribution in [3.05, 3.63) is 60.0 Å². The third-order valence-corrected chi connectivity index (χ3v) is 6.65. The van der Waals surface area contributed by atoms with Crippen molar-refractivity contribution in [1.29, 1.82) is 0 Å². The number of rotatable bonds is 11.